The molecule has 10 aromatic rings. The molecular weight excluding hydrogens is 1960 g/mol. The fourth-order valence-electron chi connectivity index (χ4n) is 23.2. The molecule has 26 nitrogen and oxygen atoms in total. The molecule has 8 amide bonds. The average Bonchev–Trinajstić information content (AvgIpc) is 1.62. The molecule has 149 heavy (non-hydrogen) atoms. The summed E-state index contributed by atoms with van der Waals surface area (Å²) in [7, 11) is 9.07. The van der Waals surface area contributed by atoms with Gasteiger partial charge in [0.1, 0.15) is 0 Å². The number of carbonyl (C=O) groups is 8. The molecule has 5 aromatic heterocycles. The summed E-state index contributed by atoms with van der Waals surface area (Å²) >= 11 is 0. The largest absolute Gasteiger partial charge is 0.416 e. The molecule has 0 saturated carbocycles. The Bertz CT molecular complexity index is 6580. The van der Waals surface area contributed by atoms with E-state index < -0.39 is 58.7 Å². The van der Waals surface area contributed by atoms with E-state index in [1.807, 2.05) is 23.5 Å². The van der Waals surface area contributed by atoms with Gasteiger partial charge in [0.15, 0.2) is 28.5 Å². The molecule has 5 fully saturated rings. The minimum Gasteiger partial charge on any atom is -0.338 e. The van der Waals surface area contributed by atoms with E-state index in [-0.39, 0.29) is 76.8 Å². The molecule has 0 radical (unpaired) electrons. The van der Waals surface area contributed by atoms with Crippen LogP contribution in [-0.2, 0) is 145 Å². The Hall–Kier alpha value is -13.1. The van der Waals surface area contributed by atoms with Gasteiger partial charge in [0.25, 0.3) is 29.5 Å². The van der Waals surface area contributed by atoms with E-state index in [1.165, 1.54) is 63.2 Å². The molecule has 2 aliphatic carbocycles. The van der Waals surface area contributed by atoms with Crippen LogP contribution < -0.4 is 0 Å². The lowest BCUT2D eigenvalue weighted by atomic mass is 9.86. The van der Waals surface area contributed by atoms with Crippen LogP contribution in [0.15, 0.2) is 121 Å². The third kappa shape index (κ3) is 24.0. The summed E-state index contributed by atoms with van der Waals surface area (Å²) in [5.41, 5.74) is 10.4. The van der Waals surface area contributed by atoms with Crippen molar-refractivity contribution in [2.24, 2.45) is 35.2 Å². The quantitative estimate of drug-likeness (QED) is 0.0913. The number of aryl methyl sites for hydroxylation is 5. The van der Waals surface area contributed by atoms with Crippen molar-refractivity contribution in [3.05, 3.63) is 262 Å². The van der Waals surface area contributed by atoms with E-state index in [9.17, 15) is 104 Å². The van der Waals surface area contributed by atoms with E-state index in [1.54, 1.807) is 123 Å². The number of fused-ring (bicyclic) bond motifs is 5. The van der Waals surface area contributed by atoms with Gasteiger partial charge in [-0.1, -0.05) is 97.4 Å². The van der Waals surface area contributed by atoms with Gasteiger partial charge in [-0.2, -0.15) is 91.3 Å². The van der Waals surface area contributed by atoms with Crippen molar-refractivity contribution in [3.8, 4) is 0 Å². The van der Waals surface area contributed by atoms with E-state index in [0.717, 1.165) is 144 Å². The van der Waals surface area contributed by atoms with Crippen molar-refractivity contribution in [2.75, 3.05) is 78.5 Å². The lowest BCUT2D eigenvalue weighted by Crippen LogP contribution is -2.40. The number of hydrogen-bond donors (Lipinski definition) is 0. The molecule has 41 heteroatoms. The number of piperidine rings is 5. The maximum Gasteiger partial charge on any atom is 0.416 e. The number of carbonyl (C=O) groups excluding carboxylic acids is 8. The van der Waals surface area contributed by atoms with Crippen LogP contribution in [0.2, 0.25) is 0 Å². The monoisotopic (exact) mass is 2080 g/mol. The number of alkyl halides is 15. The maximum atomic E-state index is 13.4. The average molecular weight is 2090 g/mol. The highest BCUT2D eigenvalue weighted by molar-refractivity contribution is 5.97. The Balaban J connectivity index is 0.000000133. The summed E-state index contributed by atoms with van der Waals surface area (Å²) in [6.45, 7) is 11.3. The molecule has 0 spiro atoms. The molecule has 8 aliphatic heterocycles. The first-order valence-electron chi connectivity index (χ1n) is 51.0. The van der Waals surface area contributed by atoms with Gasteiger partial charge in [0.2, 0.25) is 17.7 Å². The molecule has 10 aliphatic rings. The molecular formula is C108H123F15N18O8. The second-order valence-corrected chi connectivity index (χ2v) is 40.3. The highest BCUT2D eigenvalue weighted by Gasteiger charge is 2.46. The van der Waals surface area contributed by atoms with Crippen molar-refractivity contribution in [3.63, 3.8) is 0 Å². The van der Waals surface area contributed by atoms with Crippen LogP contribution in [0.5, 0.6) is 0 Å². The van der Waals surface area contributed by atoms with Gasteiger partial charge in [-0.15, -0.1) is 0 Å². The first-order valence-corrected chi connectivity index (χ1v) is 51.0. The standard InChI is InChI=1S/2C22H25F3N4O2.C22H26F3N3O.C21H23F3N4O2.C21H24F3N3O/c1-14(30)29-12-9-19-17(13-29)20(26-27(19)2)21(31)28-10-7-15(8-11-28)16-5-3-4-6-18(16)22(23,24)25;1-14(30)29-12-9-17-19(13-29)27(2)26-20(17)21(31)28-10-7-15(8-11-28)16-5-3-4-6-18(16)22(23,24)25;1-27-19-10-4-2-3-8-17(19)20(26-27)21(29)28-13-11-15(12-14-28)16-7-5-6-9-18(16)22(23,24)25;1-13(29)28-11-16-18(12-28)26(2)25-19(16)20(30)27-9-7-14(8-10-27)15-5-3-4-6-17(15)21(22,23)24;1-26-18-9-5-3-7-16(18)19(25-26)20(28)27-12-10-14(11-13-27)15-6-2-4-8-17(15)21(22,23)24/h2*3-6,15H,7-13H2,1-2H3;5-7,9,15H,2-4,8,10-14H2,1H3;3-6,14H,7-12H2,1-2H3;2,4,6,8,14H,3,5,7,9-13H2,1H3. The van der Waals surface area contributed by atoms with Crippen molar-refractivity contribution in [1.82, 2.24) is 88.1 Å². The van der Waals surface area contributed by atoms with Gasteiger partial charge >= 0.3 is 30.9 Å². The SMILES string of the molecule is CC(=O)N1CCc2c(C(=O)N3CCC(c4ccccc4C(F)(F)F)CC3)nn(C)c2C1.CC(=O)N1CCc2c(c(C(=O)N3CCC(c4ccccc4C(F)(F)F)CC3)nn2C)C1.CC(=O)N1Cc2c(C(=O)N3CCC(c4ccccc4C(F)(F)F)CC3)nn(C)c2C1.Cn1nc(C(=O)N2CCC(c3ccccc3C(F)(F)F)CC2)c2c1CCCC2.Cn1nc(C(=O)N2CCC(c3ccccc3C(F)(F)F)CC2)c2c1CCCCC2. The molecule has 798 valence electrons. The number of hydrogen-bond acceptors (Lipinski definition) is 13. The predicted octanol–water partition coefficient (Wildman–Crippen LogP) is 19.1. The minimum atomic E-state index is -4.39. The number of aromatic nitrogens is 10. The third-order valence-corrected chi connectivity index (χ3v) is 31.2. The zero-order chi connectivity index (χ0) is 107. The van der Waals surface area contributed by atoms with E-state index in [4.69, 9.17) is 0 Å². The molecule has 0 bridgehead atoms. The van der Waals surface area contributed by atoms with Gasteiger partial charge in [-0.3, -0.25) is 61.8 Å². The topological polar surface area (TPSA) is 252 Å². The number of likely N-dealkylation sites (tertiary alicyclic amines) is 5. The van der Waals surface area contributed by atoms with Crippen LogP contribution in [0, 0.1) is 0 Å². The lowest BCUT2D eigenvalue weighted by molar-refractivity contribution is -0.139. The zero-order valence-corrected chi connectivity index (χ0v) is 84.6. The minimum absolute atomic E-state index is 0.0130. The Morgan fingerprint density at radius 1 is 0.228 bits per heavy atom. The van der Waals surface area contributed by atoms with E-state index in [2.05, 4.69) is 25.5 Å². The fraction of sp³-hybridized carbons (Fsp3) is 0.509. The summed E-state index contributed by atoms with van der Waals surface area (Å²) in [6, 6.07) is 28.7. The van der Waals surface area contributed by atoms with E-state index >= 15 is 0 Å². The number of amides is 8. The molecule has 0 N–H and O–H groups in total. The second kappa shape index (κ2) is 45.0. The Morgan fingerprint density at radius 2 is 0.430 bits per heavy atom. The van der Waals surface area contributed by atoms with Crippen LogP contribution in [0.4, 0.5) is 65.9 Å². The Kier molecular flexibility index (Phi) is 32.8. The molecule has 0 atom stereocenters. The van der Waals surface area contributed by atoms with Crippen LogP contribution in [0.3, 0.4) is 0 Å². The predicted molar refractivity (Wildman–Crippen MR) is 520 cm³/mol. The zero-order valence-electron chi connectivity index (χ0n) is 84.6. The summed E-state index contributed by atoms with van der Waals surface area (Å²) in [6.07, 6.45) is -6.53. The highest BCUT2D eigenvalue weighted by Crippen LogP contribution is 2.47. The lowest BCUT2D eigenvalue weighted by Gasteiger charge is -2.33. The van der Waals surface area contributed by atoms with E-state index in [0.29, 0.717) is 238 Å². The van der Waals surface area contributed by atoms with Crippen LogP contribution >= 0.6 is 0 Å². The highest BCUT2D eigenvalue weighted by atomic mass is 19.4. The maximum absolute atomic E-state index is 13.4. The van der Waals surface area contributed by atoms with Gasteiger partial charge in [-0.25, -0.2) is 0 Å². The van der Waals surface area contributed by atoms with Crippen LogP contribution in [0.25, 0.3) is 0 Å². The molecule has 5 aromatic carbocycles. The number of benzene rings is 5. The van der Waals surface area contributed by atoms with Gasteiger partial charge in [0.05, 0.1) is 58.8 Å². The summed E-state index contributed by atoms with van der Waals surface area (Å²) < 4.78 is 209. The fourth-order valence-corrected chi connectivity index (χ4v) is 23.2. The van der Waals surface area contributed by atoms with Crippen molar-refractivity contribution in [2.45, 2.75) is 242 Å². The Labute approximate surface area is 853 Å². The van der Waals surface area contributed by atoms with Crippen molar-refractivity contribution in [1.29, 1.82) is 0 Å². The van der Waals surface area contributed by atoms with Gasteiger partial charge < -0.3 is 39.2 Å². The molecule has 0 unspecified atom stereocenters. The van der Waals surface area contributed by atoms with Crippen LogP contribution in [-0.4, -0.2) is 214 Å². The second-order valence-electron chi connectivity index (χ2n) is 40.3. The van der Waals surface area contributed by atoms with Gasteiger partial charge in [-0.05, 0) is 210 Å². The van der Waals surface area contributed by atoms with Gasteiger partial charge in [0, 0.05) is 192 Å². The van der Waals surface area contributed by atoms with Crippen LogP contribution in [0.1, 0.15) is 311 Å². The summed E-state index contributed by atoms with van der Waals surface area (Å²) in [5.74, 6) is -1.98. The molecule has 20 rings (SSSR count). The number of halogens is 15. The molecule has 13 heterocycles. The normalized spacial score (nSPS) is 17.8. The first kappa shape index (κ1) is 109. The molecule has 5 saturated heterocycles. The smallest absolute Gasteiger partial charge is 0.338 e. The first-order chi connectivity index (χ1) is 70.7. The third-order valence-electron chi connectivity index (χ3n) is 31.2. The number of nitrogens with zero attached hydrogens (tertiary/aromatic N) is 18. The summed E-state index contributed by atoms with van der Waals surface area (Å²) in [5, 5.41) is 22.2. The summed E-state index contributed by atoms with van der Waals surface area (Å²) in [4.78, 5) is 114. The Morgan fingerprint density at radius 3 is 0.711 bits per heavy atom. The van der Waals surface area contributed by atoms with Crippen molar-refractivity contribution < 1.29 is 104 Å². The van der Waals surface area contributed by atoms with Crippen molar-refractivity contribution >= 4 is 47.3 Å². The number of rotatable bonds is 10.